The van der Waals surface area contributed by atoms with Gasteiger partial charge in [-0.1, -0.05) is 17.7 Å². The first-order valence-corrected chi connectivity index (χ1v) is 11.4. The molecule has 2 saturated heterocycles. The number of nitrogens with zero attached hydrogens (tertiary/aromatic N) is 2. The third-order valence-corrected chi connectivity index (χ3v) is 6.76. The molecule has 1 aromatic rings. The van der Waals surface area contributed by atoms with Crippen LogP contribution in [0.5, 0.6) is 0 Å². The summed E-state index contributed by atoms with van der Waals surface area (Å²) in [5, 5.41) is 6.33. The van der Waals surface area contributed by atoms with Gasteiger partial charge in [-0.3, -0.25) is 4.90 Å². The Bertz CT molecular complexity index is 728. The minimum atomic E-state index is -0.347. The molecular formula is C22H32ClFN4O2. The number of likely N-dealkylation sites (tertiary alicyclic amines) is 1. The maximum atomic E-state index is 14.7. The fraction of sp³-hybridized carbons (Fsp3) is 0.682. The van der Waals surface area contributed by atoms with E-state index < -0.39 is 0 Å². The van der Waals surface area contributed by atoms with E-state index in [1.165, 1.54) is 18.9 Å². The summed E-state index contributed by atoms with van der Waals surface area (Å²) < 4.78 is 20.3. The molecule has 0 aromatic heterocycles. The number of urea groups is 1. The molecule has 1 saturated carbocycles. The zero-order chi connectivity index (χ0) is 21.1. The molecule has 30 heavy (non-hydrogen) atoms. The zero-order valence-electron chi connectivity index (χ0n) is 17.6. The number of nitrogens with one attached hydrogen (secondary N) is 2. The Balaban J connectivity index is 1.34. The van der Waals surface area contributed by atoms with Gasteiger partial charge in [-0.15, -0.1) is 0 Å². The van der Waals surface area contributed by atoms with Crippen molar-refractivity contribution in [2.75, 3.05) is 45.9 Å². The van der Waals surface area contributed by atoms with Gasteiger partial charge in [0.1, 0.15) is 5.82 Å². The topological polar surface area (TPSA) is 56.8 Å². The number of carbonyl (C=O) groups excluding carboxylic acids is 1. The number of morpholine rings is 1. The van der Waals surface area contributed by atoms with E-state index in [1.807, 2.05) is 6.92 Å². The summed E-state index contributed by atoms with van der Waals surface area (Å²) in [6.07, 6.45) is 3.83. The SMILES string of the molecule is CC1CN(C(CNC(=O)NCC2CCN(C3CC3)C2)c2c(F)cccc2Cl)CCO1. The average Bonchev–Trinajstić information content (AvgIpc) is 3.46. The highest BCUT2D eigenvalue weighted by molar-refractivity contribution is 6.31. The number of ether oxygens (including phenoxy) is 1. The Labute approximate surface area is 183 Å². The lowest BCUT2D eigenvalue weighted by molar-refractivity contribution is -0.0345. The van der Waals surface area contributed by atoms with Crippen molar-refractivity contribution in [2.45, 2.75) is 44.4 Å². The highest BCUT2D eigenvalue weighted by Crippen LogP contribution is 2.32. The van der Waals surface area contributed by atoms with Crippen LogP contribution in [-0.2, 0) is 4.74 Å². The van der Waals surface area contributed by atoms with Crippen LogP contribution in [0.2, 0.25) is 5.02 Å². The fourth-order valence-electron chi connectivity index (χ4n) is 4.66. The van der Waals surface area contributed by atoms with Gasteiger partial charge < -0.3 is 20.3 Å². The molecule has 3 fully saturated rings. The molecule has 1 aliphatic carbocycles. The highest BCUT2D eigenvalue weighted by Gasteiger charge is 2.34. The standard InChI is InChI=1S/C22H32ClFN4O2/c1-15-13-28(9-10-30-15)20(21-18(23)3-2-4-19(21)24)12-26-22(29)25-11-16-7-8-27(14-16)17-5-6-17/h2-4,15-17,20H,5-14H2,1H3,(H2,25,26,29). The Morgan fingerprint density at radius 1 is 1.27 bits per heavy atom. The van der Waals surface area contributed by atoms with E-state index >= 15 is 0 Å². The molecule has 3 aliphatic rings. The van der Waals surface area contributed by atoms with Crippen molar-refractivity contribution in [2.24, 2.45) is 5.92 Å². The molecule has 0 radical (unpaired) electrons. The second kappa shape index (κ2) is 9.81. The van der Waals surface area contributed by atoms with Crippen LogP contribution in [0, 0.1) is 11.7 Å². The van der Waals surface area contributed by atoms with Crippen LogP contribution in [0.3, 0.4) is 0 Å². The van der Waals surface area contributed by atoms with E-state index in [9.17, 15) is 9.18 Å². The molecule has 6 nitrogen and oxygen atoms in total. The number of hydrogen-bond acceptors (Lipinski definition) is 4. The maximum Gasteiger partial charge on any atom is 0.314 e. The summed E-state index contributed by atoms with van der Waals surface area (Å²) in [5.41, 5.74) is 0.435. The fourth-order valence-corrected chi connectivity index (χ4v) is 4.95. The molecule has 4 rings (SSSR count). The van der Waals surface area contributed by atoms with Gasteiger partial charge in [-0.25, -0.2) is 9.18 Å². The van der Waals surface area contributed by atoms with Crippen LogP contribution in [0.15, 0.2) is 18.2 Å². The third kappa shape index (κ3) is 5.44. The van der Waals surface area contributed by atoms with E-state index in [4.69, 9.17) is 16.3 Å². The molecular weight excluding hydrogens is 407 g/mol. The number of benzene rings is 1. The molecule has 2 heterocycles. The minimum Gasteiger partial charge on any atom is -0.376 e. The van der Waals surface area contributed by atoms with Crippen molar-refractivity contribution in [3.8, 4) is 0 Å². The summed E-state index contributed by atoms with van der Waals surface area (Å²) in [4.78, 5) is 17.2. The predicted octanol–water partition coefficient (Wildman–Crippen LogP) is 3.02. The van der Waals surface area contributed by atoms with Crippen LogP contribution in [-0.4, -0.2) is 73.9 Å². The first kappa shape index (κ1) is 21.8. The molecule has 3 unspecified atom stereocenters. The maximum absolute atomic E-state index is 14.7. The van der Waals surface area contributed by atoms with E-state index in [0.29, 0.717) is 42.7 Å². The summed E-state index contributed by atoms with van der Waals surface area (Å²) in [5.74, 6) is 0.160. The van der Waals surface area contributed by atoms with Gasteiger partial charge in [-0.2, -0.15) is 0 Å². The van der Waals surface area contributed by atoms with E-state index in [2.05, 4.69) is 20.4 Å². The van der Waals surface area contributed by atoms with Gasteiger partial charge in [0.2, 0.25) is 0 Å². The first-order valence-electron chi connectivity index (χ1n) is 11.1. The van der Waals surface area contributed by atoms with Gasteiger partial charge in [0.05, 0.1) is 18.8 Å². The number of carbonyl (C=O) groups is 1. The lowest BCUT2D eigenvalue weighted by Crippen LogP contribution is -2.48. The van der Waals surface area contributed by atoms with Crippen molar-refractivity contribution >= 4 is 17.6 Å². The summed E-state index contributed by atoms with van der Waals surface area (Å²) in [7, 11) is 0. The molecule has 3 atom stereocenters. The van der Waals surface area contributed by atoms with Crippen LogP contribution in [0.25, 0.3) is 0 Å². The van der Waals surface area contributed by atoms with Crippen LogP contribution < -0.4 is 10.6 Å². The van der Waals surface area contributed by atoms with Crippen LogP contribution in [0.1, 0.15) is 37.8 Å². The van der Waals surface area contributed by atoms with Crippen molar-refractivity contribution in [1.82, 2.24) is 20.4 Å². The molecule has 0 spiro atoms. The molecule has 2 amide bonds. The largest absolute Gasteiger partial charge is 0.376 e. The minimum absolute atomic E-state index is 0.0532. The molecule has 1 aromatic carbocycles. The van der Waals surface area contributed by atoms with E-state index in [1.54, 1.807) is 12.1 Å². The monoisotopic (exact) mass is 438 g/mol. The number of hydrogen-bond donors (Lipinski definition) is 2. The Morgan fingerprint density at radius 3 is 2.83 bits per heavy atom. The van der Waals surface area contributed by atoms with E-state index in [0.717, 1.165) is 25.6 Å². The summed E-state index contributed by atoms with van der Waals surface area (Å²) >= 11 is 6.36. The molecule has 166 valence electrons. The Morgan fingerprint density at radius 2 is 2.10 bits per heavy atom. The lowest BCUT2D eigenvalue weighted by atomic mass is 10.0. The Hall–Kier alpha value is -1.41. The average molecular weight is 439 g/mol. The van der Waals surface area contributed by atoms with Gasteiger partial charge >= 0.3 is 6.03 Å². The van der Waals surface area contributed by atoms with Crippen LogP contribution >= 0.6 is 11.6 Å². The van der Waals surface area contributed by atoms with Gasteiger partial charge in [-0.05, 0) is 50.8 Å². The lowest BCUT2D eigenvalue weighted by Gasteiger charge is -2.38. The van der Waals surface area contributed by atoms with E-state index in [-0.39, 0.29) is 30.5 Å². The number of amides is 2. The number of halogens is 2. The molecule has 2 aliphatic heterocycles. The highest BCUT2D eigenvalue weighted by atomic mass is 35.5. The Kier molecular flexibility index (Phi) is 7.13. The summed E-state index contributed by atoms with van der Waals surface area (Å²) in [6.45, 7) is 7.09. The van der Waals surface area contributed by atoms with Gasteiger partial charge in [0.25, 0.3) is 0 Å². The zero-order valence-corrected chi connectivity index (χ0v) is 18.3. The molecule has 0 bridgehead atoms. The quantitative estimate of drug-likeness (QED) is 0.687. The third-order valence-electron chi connectivity index (χ3n) is 6.43. The van der Waals surface area contributed by atoms with Crippen molar-refractivity contribution in [3.05, 3.63) is 34.6 Å². The molecule has 2 N–H and O–H groups in total. The second-order valence-corrected chi connectivity index (χ2v) is 9.21. The van der Waals surface area contributed by atoms with Crippen molar-refractivity contribution in [3.63, 3.8) is 0 Å². The number of rotatable bonds is 7. The predicted molar refractivity (Wildman–Crippen MR) is 115 cm³/mol. The van der Waals surface area contributed by atoms with Gasteiger partial charge in [0, 0.05) is 49.4 Å². The van der Waals surface area contributed by atoms with Crippen molar-refractivity contribution in [1.29, 1.82) is 0 Å². The van der Waals surface area contributed by atoms with Crippen molar-refractivity contribution < 1.29 is 13.9 Å². The molecule has 8 heteroatoms. The van der Waals surface area contributed by atoms with Crippen LogP contribution in [0.4, 0.5) is 9.18 Å². The summed E-state index contributed by atoms with van der Waals surface area (Å²) in [6, 6.07) is 4.96. The van der Waals surface area contributed by atoms with Gasteiger partial charge in [0.15, 0.2) is 0 Å². The second-order valence-electron chi connectivity index (χ2n) is 8.80. The normalized spacial score (nSPS) is 26.5. The smallest absolute Gasteiger partial charge is 0.314 e. The first-order chi connectivity index (χ1) is 14.5.